The van der Waals surface area contributed by atoms with Gasteiger partial charge < -0.3 is 10.3 Å². The van der Waals surface area contributed by atoms with Gasteiger partial charge in [0.15, 0.2) is 0 Å². The number of rotatable bonds is 5. The summed E-state index contributed by atoms with van der Waals surface area (Å²) < 4.78 is 41.9. The van der Waals surface area contributed by atoms with Gasteiger partial charge in [-0.25, -0.2) is 22.5 Å². The smallest absolute Gasteiger partial charge is 0.329 e. The van der Waals surface area contributed by atoms with Crippen molar-refractivity contribution in [1.82, 2.24) is 19.9 Å². The van der Waals surface area contributed by atoms with E-state index in [9.17, 15) is 27.6 Å². The van der Waals surface area contributed by atoms with Crippen molar-refractivity contribution in [2.75, 3.05) is 0 Å². The van der Waals surface area contributed by atoms with Gasteiger partial charge in [-0.3, -0.25) is 14.6 Å². The van der Waals surface area contributed by atoms with Crippen LogP contribution in [0.25, 0.3) is 10.9 Å². The van der Waals surface area contributed by atoms with Gasteiger partial charge in [-0.05, 0) is 49.3 Å². The van der Waals surface area contributed by atoms with Crippen molar-refractivity contribution in [1.29, 1.82) is 0 Å². The number of aromatic nitrogens is 3. The monoisotopic (exact) mass is 460 g/mol. The lowest BCUT2D eigenvalue weighted by atomic mass is 9.62. The average Bonchev–Trinajstić information content (AvgIpc) is 2.69. The molecule has 0 bridgehead atoms. The van der Waals surface area contributed by atoms with E-state index in [1.54, 1.807) is 0 Å². The Hall–Kier alpha value is -3.43. The number of carbonyl (C=O) groups is 1. The second-order valence-corrected chi connectivity index (χ2v) is 9.32. The predicted octanol–water partition coefficient (Wildman–Crippen LogP) is 3.36. The fourth-order valence-corrected chi connectivity index (χ4v) is 4.69. The van der Waals surface area contributed by atoms with Gasteiger partial charge in [0.1, 0.15) is 23.5 Å². The molecule has 10 heteroatoms. The Bertz CT molecular complexity index is 1360. The maximum absolute atomic E-state index is 14.2. The van der Waals surface area contributed by atoms with Gasteiger partial charge in [-0.15, -0.1) is 0 Å². The third-order valence-electron chi connectivity index (χ3n) is 6.12. The zero-order valence-electron chi connectivity index (χ0n) is 18.3. The van der Waals surface area contributed by atoms with E-state index in [0.717, 1.165) is 22.9 Å². The van der Waals surface area contributed by atoms with E-state index in [-0.39, 0.29) is 27.9 Å². The third kappa shape index (κ3) is 4.29. The molecule has 0 saturated heterocycles. The van der Waals surface area contributed by atoms with Crippen LogP contribution in [-0.4, -0.2) is 20.4 Å². The van der Waals surface area contributed by atoms with E-state index in [2.05, 4.69) is 15.3 Å². The average molecular weight is 460 g/mol. The lowest BCUT2D eigenvalue weighted by molar-refractivity contribution is -0.129. The van der Waals surface area contributed by atoms with Gasteiger partial charge in [0.2, 0.25) is 5.91 Å². The second kappa shape index (κ2) is 8.17. The standard InChI is InChI=1S/C23H23F3N4O3/c1-11(18-16(26)7-14(25)10-27-18)28-20(31)19(12-8-23(2,3)9-12)30-21(32)15-6-13(24)4-5-17(15)29-22(30)33/h4-7,10-12,19H,8-9H2,1-3H3,(H,28,31)(H,29,33)/t11-,19?/m1/s1. The Morgan fingerprint density at radius 1 is 1.18 bits per heavy atom. The predicted molar refractivity (Wildman–Crippen MR) is 115 cm³/mol. The molecule has 1 saturated carbocycles. The van der Waals surface area contributed by atoms with Gasteiger partial charge in [0.05, 0.1) is 28.8 Å². The first-order valence-corrected chi connectivity index (χ1v) is 10.5. The first-order valence-electron chi connectivity index (χ1n) is 10.5. The van der Waals surface area contributed by atoms with E-state index in [0.29, 0.717) is 18.9 Å². The molecule has 174 valence electrons. The van der Waals surface area contributed by atoms with Crippen LogP contribution in [0.1, 0.15) is 51.4 Å². The normalized spacial score (nSPS) is 17.4. The van der Waals surface area contributed by atoms with Crippen LogP contribution in [0.3, 0.4) is 0 Å². The van der Waals surface area contributed by atoms with Gasteiger partial charge in [-0.1, -0.05) is 13.8 Å². The van der Waals surface area contributed by atoms with Crippen LogP contribution < -0.4 is 16.6 Å². The molecule has 1 fully saturated rings. The second-order valence-electron chi connectivity index (χ2n) is 9.32. The maximum Gasteiger partial charge on any atom is 0.329 e. The first kappa shape index (κ1) is 22.8. The minimum absolute atomic E-state index is 0.0646. The van der Waals surface area contributed by atoms with Crippen LogP contribution in [-0.2, 0) is 4.79 Å². The van der Waals surface area contributed by atoms with Crippen molar-refractivity contribution in [3.05, 3.63) is 74.4 Å². The Morgan fingerprint density at radius 3 is 2.52 bits per heavy atom. The molecular formula is C23H23F3N4O3. The Kier molecular flexibility index (Phi) is 5.63. The lowest BCUT2D eigenvalue weighted by Gasteiger charge is -2.46. The SMILES string of the molecule is C[C@@H](NC(=O)C(C1CC(C)(C)C1)n1c(=O)[nH]c2ccc(F)cc2c1=O)c1ncc(F)cc1F. The molecule has 0 radical (unpaired) electrons. The van der Waals surface area contributed by atoms with Gasteiger partial charge in [0.25, 0.3) is 5.56 Å². The van der Waals surface area contributed by atoms with Crippen LogP contribution in [0.5, 0.6) is 0 Å². The van der Waals surface area contributed by atoms with Crippen molar-refractivity contribution in [3.8, 4) is 0 Å². The van der Waals surface area contributed by atoms with Gasteiger partial charge in [-0.2, -0.15) is 0 Å². The number of carbonyl (C=O) groups excluding carboxylic acids is 1. The maximum atomic E-state index is 14.2. The number of amides is 1. The number of aromatic amines is 1. The Balaban J connectivity index is 1.76. The molecule has 4 rings (SSSR count). The molecule has 2 heterocycles. The van der Waals surface area contributed by atoms with Crippen molar-refractivity contribution in [2.45, 2.75) is 45.7 Å². The largest absolute Gasteiger partial charge is 0.346 e. The molecule has 0 aliphatic heterocycles. The number of benzene rings is 1. The minimum Gasteiger partial charge on any atom is -0.346 e. The summed E-state index contributed by atoms with van der Waals surface area (Å²) in [5.74, 6) is -3.47. The molecule has 33 heavy (non-hydrogen) atoms. The van der Waals surface area contributed by atoms with E-state index in [4.69, 9.17) is 0 Å². The summed E-state index contributed by atoms with van der Waals surface area (Å²) in [6, 6.07) is 1.90. The quantitative estimate of drug-likeness (QED) is 0.610. The summed E-state index contributed by atoms with van der Waals surface area (Å²) in [5, 5.41) is 2.53. The molecule has 7 nitrogen and oxygen atoms in total. The summed E-state index contributed by atoms with van der Waals surface area (Å²) in [4.78, 5) is 45.6. The highest BCUT2D eigenvalue weighted by atomic mass is 19.1. The molecule has 1 aromatic carbocycles. The number of nitrogens with one attached hydrogen (secondary N) is 2. The number of fused-ring (bicyclic) bond motifs is 1. The minimum atomic E-state index is -1.20. The number of halogens is 3. The molecule has 1 aliphatic rings. The Morgan fingerprint density at radius 2 is 1.88 bits per heavy atom. The molecular weight excluding hydrogens is 437 g/mol. The summed E-state index contributed by atoms with van der Waals surface area (Å²) in [6.45, 7) is 5.47. The lowest BCUT2D eigenvalue weighted by Crippen LogP contribution is -2.51. The molecule has 1 unspecified atom stereocenters. The van der Waals surface area contributed by atoms with Crippen molar-refractivity contribution in [2.24, 2.45) is 11.3 Å². The van der Waals surface area contributed by atoms with Crippen molar-refractivity contribution in [3.63, 3.8) is 0 Å². The number of hydrogen-bond donors (Lipinski definition) is 2. The summed E-state index contributed by atoms with van der Waals surface area (Å²) in [6.07, 6.45) is 1.96. The summed E-state index contributed by atoms with van der Waals surface area (Å²) in [5.41, 5.74) is -1.71. The number of nitrogens with zero attached hydrogens (tertiary/aromatic N) is 2. The Labute approximate surface area is 186 Å². The van der Waals surface area contributed by atoms with E-state index >= 15 is 0 Å². The van der Waals surface area contributed by atoms with E-state index in [1.165, 1.54) is 13.0 Å². The molecule has 1 aliphatic carbocycles. The van der Waals surface area contributed by atoms with Crippen LogP contribution >= 0.6 is 0 Å². The summed E-state index contributed by atoms with van der Waals surface area (Å²) in [7, 11) is 0. The molecule has 2 N–H and O–H groups in total. The number of H-pyrrole nitrogens is 1. The van der Waals surface area contributed by atoms with Gasteiger partial charge in [0, 0.05) is 6.07 Å². The molecule has 3 aromatic rings. The van der Waals surface area contributed by atoms with E-state index < -0.39 is 46.7 Å². The highest BCUT2D eigenvalue weighted by Crippen LogP contribution is 2.49. The van der Waals surface area contributed by atoms with Crippen LogP contribution in [0.15, 0.2) is 40.1 Å². The summed E-state index contributed by atoms with van der Waals surface area (Å²) >= 11 is 0. The molecule has 1 amide bonds. The van der Waals surface area contributed by atoms with Crippen LogP contribution in [0.4, 0.5) is 13.2 Å². The highest BCUT2D eigenvalue weighted by molar-refractivity contribution is 5.82. The van der Waals surface area contributed by atoms with Crippen molar-refractivity contribution >= 4 is 16.8 Å². The van der Waals surface area contributed by atoms with Crippen LogP contribution in [0, 0.1) is 28.8 Å². The topological polar surface area (TPSA) is 96.9 Å². The number of hydrogen-bond acceptors (Lipinski definition) is 4. The third-order valence-corrected chi connectivity index (χ3v) is 6.12. The first-order chi connectivity index (χ1) is 15.5. The van der Waals surface area contributed by atoms with Crippen LogP contribution in [0.2, 0.25) is 0 Å². The zero-order chi connectivity index (χ0) is 24.1. The zero-order valence-corrected chi connectivity index (χ0v) is 18.3. The van der Waals surface area contributed by atoms with Crippen molar-refractivity contribution < 1.29 is 18.0 Å². The highest BCUT2D eigenvalue weighted by Gasteiger charge is 2.45. The fourth-order valence-electron chi connectivity index (χ4n) is 4.69. The number of pyridine rings is 1. The van der Waals surface area contributed by atoms with Gasteiger partial charge >= 0.3 is 5.69 Å². The molecule has 2 atom stereocenters. The van der Waals surface area contributed by atoms with E-state index in [1.807, 2.05) is 13.8 Å². The molecule has 2 aromatic heterocycles. The molecule has 0 spiro atoms. The fraction of sp³-hybridized carbons (Fsp3) is 0.391.